The Morgan fingerprint density at radius 2 is 1.00 bits per heavy atom. The van der Waals surface area contributed by atoms with Crippen LogP contribution < -0.4 is 0 Å². The number of halogens is 2. The number of benzene rings is 4. The normalized spacial score (nSPS) is 11.9. The minimum absolute atomic E-state index is 0.289. The molecule has 32 heavy (non-hydrogen) atoms. The molecule has 0 saturated heterocycles. The van der Waals surface area contributed by atoms with Crippen molar-refractivity contribution >= 4 is 34.3 Å². The van der Waals surface area contributed by atoms with Gasteiger partial charge in [0.05, 0.1) is 0 Å². The molecule has 0 fully saturated rings. The molecule has 4 aromatic rings. The molecule has 0 nitrogen and oxygen atoms in total. The van der Waals surface area contributed by atoms with E-state index in [0.29, 0.717) is 4.86 Å². The van der Waals surface area contributed by atoms with E-state index < -0.39 is 0 Å². The Balaban J connectivity index is 1.92. The summed E-state index contributed by atoms with van der Waals surface area (Å²) in [5.74, 6) is -0.592. The first-order chi connectivity index (χ1) is 15.6. The van der Waals surface area contributed by atoms with Crippen LogP contribution in [0.4, 0.5) is 8.78 Å². The molecule has 0 N–H and O–H groups in total. The fourth-order valence-corrected chi connectivity index (χ4v) is 3.68. The minimum atomic E-state index is -0.303. The highest BCUT2D eigenvalue weighted by Gasteiger charge is 2.13. The van der Waals surface area contributed by atoms with Crippen LogP contribution >= 0.6 is 12.2 Å². The van der Waals surface area contributed by atoms with Gasteiger partial charge in [-0.15, -0.1) is 0 Å². The van der Waals surface area contributed by atoms with Gasteiger partial charge in [0.25, 0.3) is 0 Å². The molecule has 4 rings (SSSR count). The third kappa shape index (κ3) is 5.32. The fourth-order valence-electron chi connectivity index (χ4n) is 3.42. The van der Waals surface area contributed by atoms with Crippen molar-refractivity contribution in [2.24, 2.45) is 0 Å². The minimum Gasteiger partial charge on any atom is -0.207 e. The molecule has 0 aromatic heterocycles. The average Bonchev–Trinajstić information content (AvgIpc) is 2.84. The lowest BCUT2D eigenvalue weighted by atomic mass is 9.89. The van der Waals surface area contributed by atoms with Gasteiger partial charge in [-0.25, -0.2) is 8.78 Å². The predicted molar refractivity (Wildman–Crippen MR) is 133 cm³/mol. The second kappa shape index (κ2) is 10.1. The van der Waals surface area contributed by atoms with Crippen molar-refractivity contribution in [1.82, 2.24) is 0 Å². The van der Waals surface area contributed by atoms with E-state index in [9.17, 15) is 8.78 Å². The fraction of sp³-hybridized carbons (Fsp3) is 0. The van der Waals surface area contributed by atoms with Crippen LogP contribution in [0, 0.1) is 11.6 Å². The Kier molecular flexibility index (Phi) is 6.78. The monoisotopic (exact) mass is 438 g/mol. The van der Waals surface area contributed by atoms with Crippen molar-refractivity contribution in [2.75, 3.05) is 0 Å². The Morgan fingerprint density at radius 3 is 1.56 bits per heavy atom. The molecule has 0 atom stereocenters. The molecule has 0 saturated carbocycles. The van der Waals surface area contributed by atoms with E-state index in [1.54, 1.807) is 24.3 Å². The van der Waals surface area contributed by atoms with Crippen LogP contribution in [-0.4, -0.2) is 4.86 Å². The van der Waals surface area contributed by atoms with Gasteiger partial charge in [0, 0.05) is 4.86 Å². The summed E-state index contributed by atoms with van der Waals surface area (Å²) in [4.78, 5) is 0.672. The first kappa shape index (κ1) is 21.5. The molecular formula is C29H20F2S. The van der Waals surface area contributed by atoms with Gasteiger partial charge >= 0.3 is 0 Å². The molecule has 0 radical (unpaired) electrons. The molecule has 0 heterocycles. The summed E-state index contributed by atoms with van der Waals surface area (Å²) >= 11 is 5.75. The molecule has 156 valence electrons. The van der Waals surface area contributed by atoms with Gasteiger partial charge in [-0.2, -0.15) is 0 Å². The number of rotatable bonds is 6. The summed E-state index contributed by atoms with van der Waals surface area (Å²) < 4.78 is 27.2. The standard InChI is InChI=1S/C29H20F2S/c30-25-15-11-21(12-16-25)19-27(22-7-3-1-4-8-22)28(23-13-17-26(31)18-14-23)20-29(32)24-9-5-2-6-10-24/h1-20H/b27-19+,28-20-. The molecule has 0 bridgehead atoms. The van der Waals surface area contributed by atoms with Crippen LogP contribution in [0.15, 0.2) is 115 Å². The van der Waals surface area contributed by atoms with Gasteiger partial charge in [-0.05, 0) is 69.8 Å². The highest BCUT2D eigenvalue weighted by molar-refractivity contribution is 7.81. The molecule has 3 heteroatoms. The second-order valence-electron chi connectivity index (χ2n) is 7.27. The maximum atomic E-state index is 13.7. The predicted octanol–water partition coefficient (Wildman–Crippen LogP) is 8.01. The molecule has 0 amide bonds. The van der Waals surface area contributed by atoms with Gasteiger partial charge in [-0.1, -0.05) is 97.1 Å². The van der Waals surface area contributed by atoms with Crippen LogP contribution in [0.3, 0.4) is 0 Å². The Hall–Kier alpha value is -3.69. The summed E-state index contributed by atoms with van der Waals surface area (Å²) in [7, 11) is 0. The zero-order valence-electron chi connectivity index (χ0n) is 17.2. The van der Waals surface area contributed by atoms with Crippen molar-refractivity contribution in [1.29, 1.82) is 0 Å². The van der Waals surface area contributed by atoms with Gasteiger partial charge < -0.3 is 0 Å². The van der Waals surface area contributed by atoms with Crippen LogP contribution in [-0.2, 0) is 0 Å². The second-order valence-corrected chi connectivity index (χ2v) is 7.71. The lowest BCUT2D eigenvalue weighted by molar-refractivity contribution is 0.627. The van der Waals surface area contributed by atoms with Gasteiger partial charge in [-0.3, -0.25) is 0 Å². The zero-order chi connectivity index (χ0) is 22.3. The third-order valence-corrected chi connectivity index (χ3v) is 5.40. The Labute approximate surface area is 192 Å². The smallest absolute Gasteiger partial charge is 0.123 e. The first-order valence-corrected chi connectivity index (χ1v) is 10.6. The van der Waals surface area contributed by atoms with Gasteiger partial charge in [0.2, 0.25) is 0 Å². The van der Waals surface area contributed by atoms with E-state index in [1.807, 2.05) is 72.8 Å². The van der Waals surface area contributed by atoms with E-state index in [2.05, 4.69) is 0 Å². The molecule has 0 aliphatic heterocycles. The summed E-state index contributed by atoms with van der Waals surface area (Å²) in [5, 5.41) is 0. The largest absolute Gasteiger partial charge is 0.207 e. The maximum absolute atomic E-state index is 13.7. The van der Waals surface area contributed by atoms with Crippen molar-refractivity contribution < 1.29 is 8.78 Å². The molecule has 4 aromatic carbocycles. The Bertz CT molecular complexity index is 1250. The number of hydrogen-bond acceptors (Lipinski definition) is 1. The van der Waals surface area contributed by atoms with Crippen LogP contribution in [0.25, 0.3) is 17.2 Å². The number of thiocarbonyl (C=S) groups is 1. The van der Waals surface area contributed by atoms with Crippen LogP contribution in [0.5, 0.6) is 0 Å². The van der Waals surface area contributed by atoms with Crippen molar-refractivity contribution in [2.45, 2.75) is 0 Å². The van der Waals surface area contributed by atoms with Crippen molar-refractivity contribution in [3.63, 3.8) is 0 Å². The summed E-state index contributed by atoms with van der Waals surface area (Å²) in [5.41, 5.74) is 5.35. The molecule has 0 spiro atoms. The van der Waals surface area contributed by atoms with E-state index in [1.165, 1.54) is 24.3 Å². The molecule has 0 unspecified atom stereocenters. The summed E-state index contributed by atoms with van der Waals surface area (Å²) in [6.07, 6.45) is 3.94. The number of hydrogen-bond donors (Lipinski definition) is 0. The lowest BCUT2D eigenvalue weighted by Crippen LogP contribution is -1.98. The Morgan fingerprint density at radius 1 is 0.531 bits per heavy atom. The molecule has 0 aliphatic carbocycles. The topological polar surface area (TPSA) is 0 Å². The quantitative estimate of drug-likeness (QED) is 0.0966. The van der Waals surface area contributed by atoms with Crippen molar-refractivity contribution in [3.05, 3.63) is 149 Å². The molecular weight excluding hydrogens is 418 g/mol. The van der Waals surface area contributed by atoms with E-state index in [4.69, 9.17) is 12.2 Å². The van der Waals surface area contributed by atoms with Gasteiger partial charge in [0.15, 0.2) is 0 Å². The lowest BCUT2D eigenvalue weighted by Gasteiger charge is -2.15. The maximum Gasteiger partial charge on any atom is 0.123 e. The molecule has 0 aliphatic rings. The van der Waals surface area contributed by atoms with E-state index in [0.717, 1.165) is 33.4 Å². The SMILES string of the molecule is Fc1ccc(/C=C(/C(=C\C(=S)c2ccccc2)c2ccc(F)cc2)c2ccccc2)cc1. The first-order valence-electron chi connectivity index (χ1n) is 10.2. The number of allylic oxidation sites excluding steroid dienone is 3. The van der Waals surface area contributed by atoms with E-state index >= 15 is 0 Å². The van der Waals surface area contributed by atoms with E-state index in [-0.39, 0.29) is 11.6 Å². The zero-order valence-corrected chi connectivity index (χ0v) is 18.0. The highest BCUT2D eigenvalue weighted by atomic mass is 32.1. The summed E-state index contributed by atoms with van der Waals surface area (Å²) in [6, 6.07) is 32.4. The highest BCUT2D eigenvalue weighted by Crippen LogP contribution is 2.34. The van der Waals surface area contributed by atoms with Gasteiger partial charge in [0.1, 0.15) is 11.6 Å². The summed E-state index contributed by atoms with van der Waals surface area (Å²) in [6.45, 7) is 0. The average molecular weight is 439 g/mol. The van der Waals surface area contributed by atoms with Crippen molar-refractivity contribution in [3.8, 4) is 0 Å². The van der Waals surface area contributed by atoms with Crippen LogP contribution in [0.2, 0.25) is 0 Å². The van der Waals surface area contributed by atoms with Crippen LogP contribution in [0.1, 0.15) is 22.3 Å². The third-order valence-electron chi connectivity index (χ3n) is 5.04.